The van der Waals surface area contributed by atoms with Crippen molar-refractivity contribution in [1.29, 1.82) is 0 Å². The third-order valence-electron chi connectivity index (χ3n) is 10.3. The van der Waals surface area contributed by atoms with Crippen LogP contribution >= 0.6 is 0 Å². The predicted molar refractivity (Wildman–Crippen MR) is 121 cm³/mol. The number of nitrogens with zero attached hydrogens (tertiary/aromatic N) is 2. The van der Waals surface area contributed by atoms with Crippen LogP contribution in [0.5, 0.6) is 0 Å². The van der Waals surface area contributed by atoms with Gasteiger partial charge < -0.3 is 5.11 Å². The van der Waals surface area contributed by atoms with E-state index >= 15 is 0 Å². The van der Waals surface area contributed by atoms with Gasteiger partial charge in [-0.1, -0.05) is 13.8 Å². The highest BCUT2D eigenvalue weighted by Crippen LogP contribution is 2.65. The standard InChI is InChI=1S/C27H42N2O/c1-17(13-20-16-28-15-18(2)29-20)24-7-8-25-23-6-5-19-14-26(3,30)11-9-21(19)22(23)10-12-27(24,25)4/h15-17,19,21-25,30H,5-14H2,1-4H3/t17-,19+,21-,22+,23+,24+,25-,26+,27+/m0/s1. The summed E-state index contributed by atoms with van der Waals surface area (Å²) in [6.07, 6.45) is 16.8. The molecule has 1 N–H and O–H groups in total. The number of rotatable bonds is 3. The van der Waals surface area contributed by atoms with Crippen LogP contribution in [0.3, 0.4) is 0 Å². The summed E-state index contributed by atoms with van der Waals surface area (Å²) in [5, 5.41) is 10.6. The van der Waals surface area contributed by atoms with Gasteiger partial charge in [0.15, 0.2) is 0 Å². The van der Waals surface area contributed by atoms with Crippen molar-refractivity contribution < 1.29 is 5.11 Å². The van der Waals surface area contributed by atoms with Crippen molar-refractivity contribution in [2.45, 2.75) is 97.5 Å². The SMILES string of the molecule is Cc1cncc(C[C@H](C)[C@H]2CC[C@H]3[C@@H]4CC[C@@H]5C[C@](C)(O)CC[C@@H]5[C@H]4CC[C@]23C)n1. The van der Waals surface area contributed by atoms with Crippen LogP contribution < -0.4 is 0 Å². The van der Waals surface area contributed by atoms with Crippen molar-refractivity contribution >= 4 is 0 Å². The van der Waals surface area contributed by atoms with E-state index in [0.29, 0.717) is 11.3 Å². The van der Waals surface area contributed by atoms with Gasteiger partial charge in [-0.3, -0.25) is 9.97 Å². The molecule has 9 atom stereocenters. The quantitative estimate of drug-likeness (QED) is 0.666. The highest BCUT2D eigenvalue weighted by molar-refractivity contribution is 5.09. The molecule has 0 radical (unpaired) electrons. The summed E-state index contributed by atoms with van der Waals surface area (Å²) in [6, 6.07) is 0. The molecule has 0 unspecified atom stereocenters. The van der Waals surface area contributed by atoms with Crippen molar-refractivity contribution in [3.63, 3.8) is 0 Å². The summed E-state index contributed by atoms with van der Waals surface area (Å²) in [7, 11) is 0. The Bertz CT molecular complexity index is 776. The van der Waals surface area contributed by atoms with Crippen molar-refractivity contribution in [3.8, 4) is 0 Å². The Hall–Kier alpha value is -0.960. The summed E-state index contributed by atoms with van der Waals surface area (Å²) < 4.78 is 0. The molecule has 166 valence electrons. The second-order valence-corrected chi connectivity index (χ2v) is 12.2. The van der Waals surface area contributed by atoms with Crippen molar-refractivity contribution in [3.05, 3.63) is 23.8 Å². The topological polar surface area (TPSA) is 46.0 Å². The maximum atomic E-state index is 10.6. The molecule has 0 saturated heterocycles. The van der Waals surface area contributed by atoms with Crippen LogP contribution in [-0.2, 0) is 6.42 Å². The van der Waals surface area contributed by atoms with Gasteiger partial charge in [-0.15, -0.1) is 0 Å². The van der Waals surface area contributed by atoms with Crippen LogP contribution in [0.1, 0.15) is 89.9 Å². The number of aryl methyl sites for hydroxylation is 1. The fraction of sp³-hybridized carbons (Fsp3) is 0.852. The average Bonchev–Trinajstić information content (AvgIpc) is 3.04. The lowest BCUT2D eigenvalue weighted by Gasteiger charge is -2.57. The van der Waals surface area contributed by atoms with Gasteiger partial charge >= 0.3 is 0 Å². The van der Waals surface area contributed by atoms with Crippen molar-refractivity contribution in [2.75, 3.05) is 0 Å². The van der Waals surface area contributed by atoms with E-state index in [4.69, 9.17) is 4.98 Å². The third kappa shape index (κ3) is 3.53. The molecule has 0 bridgehead atoms. The molecule has 4 saturated carbocycles. The van der Waals surface area contributed by atoms with E-state index in [9.17, 15) is 5.11 Å². The second-order valence-electron chi connectivity index (χ2n) is 12.2. The zero-order valence-corrected chi connectivity index (χ0v) is 19.6. The Labute approximate surface area is 183 Å². The Morgan fingerprint density at radius 3 is 2.60 bits per heavy atom. The Morgan fingerprint density at radius 1 is 1.00 bits per heavy atom. The van der Waals surface area contributed by atoms with E-state index in [1.165, 1.54) is 50.6 Å². The maximum absolute atomic E-state index is 10.6. The smallest absolute Gasteiger partial charge is 0.0622 e. The minimum atomic E-state index is -0.399. The molecular weight excluding hydrogens is 368 g/mol. The van der Waals surface area contributed by atoms with E-state index < -0.39 is 5.60 Å². The Morgan fingerprint density at radius 2 is 1.80 bits per heavy atom. The highest BCUT2D eigenvalue weighted by atomic mass is 16.3. The molecule has 4 aliphatic carbocycles. The maximum Gasteiger partial charge on any atom is 0.0622 e. The first-order valence-electron chi connectivity index (χ1n) is 12.8. The molecular formula is C27H42N2O. The first-order chi connectivity index (χ1) is 14.3. The molecule has 1 aromatic rings. The molecule has 0 amide bonds. The number of aliphatic hydroxyl groups is 1. The van der Waals surface area contributed by atoms with Crippen LogP contribution in [0, 0.1) is 53.8 Å². The number of hydrogen-bond donors (Lipinski definition) is 1. The molecule has 0 spiro atoms. The van der Waals surface area contributed by atoms with Gasteiger partial charge in [-0.2, -0.15) is 0 Å². The molecule has 0 aliphatic heterocycles. The normalized spacial score (nSPS) is 46.6. The van der Waals surface area contributed by atoms with E-state index in [0.717, 1.165) is 60.5 Å². The molecule has 1 aromatic heterocycles. The van der Waals surface area contributed by atoms with Gasteiger partial charge in [0.05, 0.1) is 17.0 Å². The molecule has 4 aliphatic rings. The summed E-state index contributed by atoms with van der Waals surface area (Å²) in [5.41, 5.74) is 2.34. The average molecular weight is 411 g/mol. The van der Waals surface area contributed by atoms with E-state index in [-0.39, 0.29) is 0 Å². The summed E-state index contributed by atoms with van der Waals surface area (Å²) in [5.74, 6) is 6.02. The molecule has 1 heterocycles. The van der Waals surface area contributed by atoms with Crippen LogP contribution in [0.15, 0.2) is 12.4 Å². The van der Waals surface area contributed by atoms with Gasteiger partial charge in [0.1, 0.15) is 0 Å². The summed E-state index contributed by atoms with van der Waals surface area (Å²) in [6.45, 7) is 9.27. The fourth-order valence-electron chi connectivity index (χ4n) is 9.14. The minimum Gasteiger partial charge on any atom is -0.390 e. The molecule has 5 rings (SSSR count). The van der Waals surface area contributed by atoms with E-state index in [1.807, 2.05) is 12.4 Å². The van der Waals surface area contributed by atoms with Gasteiger partial charge in [0, 0.05) is 12.4 Å². The third-order valence-corrected chi connectivity index (χ3v) is 10.3. The Balaban J connectivity index is 1.30. The number of fused-ring (bicyclic) bond motifs is 5. The van der Waals surface area contributed by atoms with Crippen LogP contribution in [0.25, 0.3) is 0 Å². The summed E-state index contributed by atoms with van der Waals surface area (Å²) >= 11 is 0. The van der Waals surface area contributed by atoms with Gasteiger partial charge in [-0.25, -0.2) is 0 Å². The molecule has 0 aromatic carbocycles. The molecule has 30 heavy (non-hydrogen) atoms. The van der Waals surface area contributed by atoms with Crippen molar-refractivity contribution in [2.24, 2.45) is 46.8 Å². The van der Waals surface area contributed by atoms with E-state index in [1.54, 1.807) is 0 Å². The van der Waals surface area contributed by atoms with Crippen LogP contribution in [0.2, 0.25) is 0 Å². The summed E-state index contributed by atoms with van der Waals surface area (Å²) in [4.78, 5) is 9.14. The number of aromatic nitrogens is 2. The van der Waals surface area contributed by atoms with E-state index in [2.05, 4.69) is 32.7 Å². The lowest BCUT2D eigenvalue weighted by molar-refractivity contribution is -0.102. The van der Waals surface area contributed by atoms with Crippen LogP contribution in [0.4, 0.5) is 0 Å². The monoisotopic (exact) mass is 410 g/mol. The second kappa shape index (κ2) is 7.57. The molecule has 3 nitrogen and oxygen atoms in total. The zero-order valence-electron chi connectivity index (χ0n) is 19.6. The van der Waals surface area contributed by atoms with Gasteiger partial charge in [0.25, 0.3) is 0 Å². The fourth-order valence-corrected chi connectivity index (χ4v) is 9.14. The first-order valence-corrected chi connectivity index (χ1v) is 12.8. The van der Waals surface area contributed by atoms with Gasteiger partial charge in [-0.05, 0) is 125 Å². The highest BCUT2D eigenvalue weighted by Gasteiger charge is 2.58. The lowest BCUT2D eigenvalue weighted by atomic mass is 9.48. The molecule has 3 heteroatoms. The first kappa shape index (κ1) is 20.9. The van der Waals surface area contributed by atoms with Crippen molar-refractivity contribution in [1.82, 2.24) is 9.97 Å². The zero-order chi connectivity index (χ0) is 21.1. The largest absolute Gasteiger partial charge is 0.390 e. The van der Waals surface area contributed by atoms with Crippen LogP contribution in [-0.4, -0.2) is 20.7 Å². The lowest BCUT2D eigenvalue weighted by Crippen LogP contribution is -2.50. The van der Waals surface area contributed by atoms with Gasteiger partial charge in [0.2, 0.25) is 0 Å². The molecule has 4 fully saturated rings. The Kier molecular flexibility index (Phi) is 5.28. The minimum absolute atomic E-state index is 0.399. The predicted octanol–water partition coefficient (Wildman–Crippen LogP) is 5.98. The number of hydrogen-bond acceptors (Lipinski definition) is 3.